The van der Waals surface area contributed by atoms with Gasteiger partial charge in [-0.05, 0) is 12.1 Å². The zero-order valence-electron chi connectivity index (χ0n) is 8.59. The Hall–Kier alpha value is -1.86. The van der Waals surface area contributed by atoms with E-state index in [1.807, 2.05) is 0 Å². The van der Waals surface area contributed by atoms with Crippen LogP contribution in [0.25, 0.3) is 0 Å². The quantitative estimate of drug-likeness (QED) is 0.526. The summed E-state index contributed by atoms with van der Waals surface area (Å²) in [5.41, 5.74) is 4.75. The van der Waals surface area contributed by atoms with Crippen LogP contribution in [0.1, 0.15) is 0 Å². The fraction of sp³-hybridized carbons (Fsp3) is 0.222. The second kappa shape index (κ2) is 5.46. The summed E-state index contributed by atoms with van der Waals surface area (Å²) in [7, 11) is 0. The van der Waals surface area contributed by atoms with E-state index in [-0.39, 0.29) is 22.9 Å². The van der Waals surface area contributed by atoms with E-state index in [0.717, 1.165) is 0 Å². The van der Waals surface area contributed by atoms with E-state index < -0.39 is 16.9 Å². The smallest absolute Gasteiger partial charge is 0.293 e. The molecule has 0 aliphatic rings. The summed E-state index contributed by atoms with van der Waals surface area (Å²) in [4.78, 5) is 20.7. The van der Waals surface area contributed by atoms with Crippen molar-refractivity contribution in [3.05, 3.63) is 33.3 Å². The van der Waals surface area contributed by atoms with E-state index in [4.69, 9.17) is 22.4 Å². The highest BCUT2D eigenvalue weighted by Crippen LogP contribution is 2.27. The third kappa shape index (κ3) is 3.58. The maximum absolute atomic E-state index is 10.7. The van der Waals surface area contributed by atoms with Crippen LogP contribution >= 0.6 is 11.6 Å². The van der Waals surface area contributed by atoms with E-state index in [0.29, 0.717) is 0 Å². The number of benzene rings is 1. The molecule has 1 aromatic rings. The van der Waals surface area contributed by atoms with E-state index in [1.165, 1.54) is 18.2 Å². The minimum absolute atomic E-state index is 0.153. The highest BCUT2D eigenvalue weighted by Gasteiger charge is 2.16. The van der Waals surface area contributed by atoms with Crippen LogP contribution in [0.3, 0.4) is 0 Å². The van der Waals surface area contributed by atoms with Gasteiger partial charge in [0.15, 0.2) is 0 Å². The fourth-order valence-corrected chi connectivity index (χ4v) is 1.28. The molecule has 8 heteroatoms. The third-order valence-corrected chi connectivity index (χ3v) is 2.21. The van der Waals surface area contributed by atoms with Crippen LogP contribution in [-0.2, 0) is 4.79 Å². The number of rotatable bonds is 5. The van der Waals surface area contributed by atoms with E-state index in [9.17, 15) is 14.9 Å². The van der Waals surface area contributed by atoms with Crippen LogP contribution in [0.2, 0.25) is 5.02 Å². The molecule has 0 aliphatic carbocycles. The Morgan fingerprint density at radius 2 is 2.29 bits per heavy atom. The minimum atomic E-state index is -1.41. The van der Waals surface area contributed by atoms with Crippen molar-refractivity contribution < 1.29 is 14.8 Å². The van der Waals surface area contributed by atoms with Gasteiger partial charge in [0, 0.05) is 11.1 Å². The molecule has 0 aliphatic heterocycles. The SMILES string of the molecule is NC(=O)C(O)CNc1ccc(Cl)cc1[N+](=O)[O-]. The maximum atomic E-state index is 10.7. The van der Waals surface area contributed by atoms with Gasteiger partial charge in [0.25, 0.3) is 5.69 Å². The number of anilines is 1. The zero-order valence-corrected chi connectivity index (χ0v) is 9.35. The number of nitro benzene ring substituents is 1. The molecule has 1 unspecified atom stereocenters. The molecule has 1 aromatic carbocycles. The van der Waals surface area contributed by atoms with Crippen molar-refractivity contribution in [1.82, 2.24) is 0 Å². The van der Waals surface area contributed by atoms with Crippen LogP contribution in [0, 0.1) is 10.1 Å². The van der Waals surface area contributed by atoms with Gasteiger partial charge in [0.2, 0.25) is 5.91 Å². The molecule has 1 atom stereocenters. The summed E-state index contributed by atoms with van der Waals surface area (Å²) < 4.78 is 0. The van der Waals surface area contributed by atoms with Gasteiger partial charge in [-0.1, -0.05) is 11.6 Å². The molecule has 1 rings (SSSR count). The van der Waals surface area contributed by atoms with Crippen molar-refractivity contribution in [1.29, 1.82) is 0 Å². The second-order valence-corrected chi connectivity index (χ2v) is 3.65. The first-order valence-corrected chi connectivity index (χ1v) is 4.95. The van der Waals surface area contributed by atoms with Crippen LogP contribution < -0.4 is 11.1 Å². The molecule has 0 fully saturated rings. The summed E-state index contributed by atoms with van der Waals surface area (Å²) in [6.07, 6.45) is -1.41. The second-order valence-electron chi connectivity index (χ2n) is 3.22. The van der Waals surface area contributed by atoms with Crippen molar-refractivity contribution in [2.45, 2.75) is 6.10 Å². The summed E-state index contributed by atoms with van der Waals surface area (Å²) in [6.45, 7) is -0.211. The van der Waals surface area contributed by atoms with E-state index in [1.54, 1.807) is 0 Å². The van der Waals surface area contributed by atoms with E-state index in [2.05, 4.69) is 5.32 Å². The number of amides is 1. The molecule has 17 heavy (non-hydrogen) atoms. The monoisotopic (exact) mass is 259 g/mol. The summed E-state index contributed by atoms with van der Waals surface area (Å²) in [5.74, 6) is -0.908. The Labute approximate surface area is 101 Å². The zero-order chi connectivity index (χ0) is 13.0. The number of nitrogens with two attached hydrogens (primary N) is 1. The third-order valence-electron chi connectivity index (χ3n) is 1.97. The molecule has 0 saturated heterocycles. The van der Waals surface area contributed by atoms with Crippen LogP contribution in [0.15, 0.2) is 18.2 Å². The Balaban J connectivity index is 2.84. The Morgan fingerprint density at radius 3 is 2.82 bits per heavy atom. The molecular weight excluding hydrogens is 250 g/mol. The molecule has 0 bridgehead atoms. The largest absolute Gasteiger partial charge is 0.381 e. The standard InChI is InChI=1S/C9H10ClN3O4/c10-5-1-2-6(7(3-5)13(16)17)12-4-8(14)9(11)15/h1-3,8,12,14H,4H2,(H2,11,15). The molecular formula is C9H10ClN3O4. The number of nitrogens with one attached hydrogen (secondary N) is 1. The lowest BCUT2D eigenvalue weighted by molar-refractivity contribution is -0.383. The van der Waals surface area contributed by atoms with Gasteiger partial charge in [-0.3, -0.25) is 14.9 Å². The molecule has 7 nitrogen and oxygen atoms in total. The number of carbonyl (C=O) groups excluding carboxylic acids is 1. The number of hydrogen-bond acceptors (Lipinski definition) is 5. The van der Waals surface area contributed by atoms with Crippen molar-refractivity contribution in [2.75, 3.05) is 11.9 Å². The fourth-order valence-electron chi connectivity index (χ4n) is 1.11. The average molecular weight is 260 g/mol. The summed E-state index contributed by atoms with van der Waals surface area (Å²) in [5, 5.41) is 22.6. The topological polar surface area (TPSA) is 118 Å². The number of aliphatic hydroxyl groups excluding tert-OH is 1. The number of primary amides is 1. The Bertz CT molecular complexity index is 452. The number of halogens is 1. The summed E-state index contributed by atoms with van der Waals surface area (Å²) >= 11 is 5.62. The van der Waals surface area contributed by atoms with Crippen molar-refractivity contribution in [3.8, 4) is 0 Å². The predicted molar refractivity (Wildman–Crippen MR) is 61.8 cm³/mol. The lowest BCUT2D eigenvalue weighted by Gasteiger charge is -2.09. The van der Waals surface area contributed by atoms with Gasteiger partial charge in [-0.25, -0.2) is 0 Å². The van der Waals surface area contributed by atoms with Gasteiger partial charge in [-0.15, -0.1) is 0 Å². The van der Waals surface area contributed by atoms with Gasteiger partial charge >= 0.3 is 0 Å². The Morgan fingerprint density at radius 1 is 1.65 bits per heavy atom. The number of nitrogens with zero attached hydrogens (tertiary/aromatic N) is 1. The van der Waals surface area contributed by atoms with Crippen LogP contribution in [0.4, 0.5) is 11.4 Å². The first-order valence-electron chi connectivity index (χ1n) is 4.57. The van der Waals surface area contributed by atoms with Crippen LogP contribution in [0.5, 0.6) is 0 Å². The Kier molecular flexibility index (Phi) is 4.24. The number of aliphatic hydroxyl groups is 1. The molecule has 0 heterocycles. The van der Waals surface area contributed by atoms with Crippen molar-refractivity contribution in [2.24, 2.45) is 5.73 Å². The van der Waals surface area contributed by atoms with Gasteiger partial charge in [0.05, 0.1) is 11.5 Å². The highest BCUT2D eigenvalue weighted by atomic mass is 35.5. The lowest BCUT2D eigenvalue weighted by Crippen LogP contribution is -2.34. The lowest BCUT2D eigenvalue weighted by atomic mass is 10.2. The van der Waals surface area contributed by atoms with Crippen molar-refractivity contribution >= 4 is 28.9 Å². The molecule has 1 amide bonds. The van der Waals surface area contributed by atoms with Gasteiger partial charge in [0.1, 0.15) is 11.8 Å². The van der Waals surface area contributed by atoms with Crippen LogP contribution in [-0.4, -0.2) is 28.6 Å². The molecule has 4 N–H and O–H groups in total. The van der Waals surface area contributed by atoms with Gasteiger partial charge < -0.3 is 16.2 Å². The molecule has 92 valence electrons. The highest BCUT2D eigenvalue weighted by molar-refractivity contribution is 6.30. The molecule has 0 spiro atoms. The molecule has 0 aromatic heterocycles. The maximum Gasteiger partial charge on any atom is 0.293 e. The molecule has 0 radical (unpaired) electrons. The van der Waals surface area contributed by atoms with Crippen molar-refractivity contribution in [3.63, 3.8) is 0 Å². The first-order chi connectivity index (χ1) is 7.91. The number of nitro groups is 1. The number of hydrogen-bond donors (Lipinski definition) is 3. The van der Waals surface area contributed by atoms with E-state index >= 15 is 0 Å². The first kappa shape index (κ1) is 13.2. The summed E-state index contributed by atoms with van der Waals surface area (Å²) in [6, 6.07) is 4.00. The average Bonchev–Trinajstić information content (AvgIpc) is 2.26. The molecule has 0 saturated carbocycles. The predicted octanol–water partition coefficient (Wildman–Crippen LogP) is 0.506. The normalized spacial score (nSPS) is 11.9. The number of carbonyl (C=O) groups is 1. The van der Waals surface area contributed by atoms with Gasteiger partial charge in [-0.2, -0.15) is 0 Å². The minimum Gasteiger partial charge on any atom is -0.381 e.